The van der Waals surface area contributed by atoms with Gasteiger partial charge in [-0.05, 0) is 29.7 Å². The van der Waals surface area contributed by atoms with Crippen LogP contribution in [-0.4, -0.2) is 35.1 Å². The summed E-state index contributed by atoms with van der Waals surface area (Å²) in [6.07, 6.45) is 5.81. The number of amides is 2. The number of fused-ring (bicyclic) bond motifs is 1. The summed E-state index contributed by atoms with van der Waals surface area (Å²) in [4.78, 5) is 24.3. The van der Waals surface area contributed by atoms with Crippen LogP contribution in [0.1, 0.15) is 21.5 Å². The highest BCUT2D eigenvalue weighted by atomic mass is 16.4. The maximum atomic E-state index is 11.8. The number of nitrogens with one attached hydrogen (secondary N) is 1. The first kappa shape index (κ1) is 13.0. The van der Waals surface area contributed by atoms with Crippen molar-refractivity contribution in [3.05, 3.63) is 34.9 Å². The van der Waals surface area contributed by atoms with Crippen LogP contribution in [0.15, 0.2) is 18.2 Å². The fourth-order valence-electron chi connectivity index (χ4n) is 2.10. The van der Waals surface area contributed by atoms with Crippen LogP contribution >= 0.6 is 0 Å². The second-order valence-corrected chi connectivity index (χ2v) is 4.32. The largest absolute Gasteiger partial charge is 0.478 e. The van der Waals surface area contributed by atoms with Crippen molar-refractivity contribution in [3.63, 3.8) is 0 Å². The molecule has 0 spiro atoms. The molecule has 2 rings (SSSR count). The number of urea groups is 1. The number of hydrogen-bond donors (Lipinski definition) is 2. The first-order valence-electron chi connectivity index (χ1n) is 5.93. The lowest BCUT2D eigenvalue weighted by molar-refractivity contribution is 0.0696. The number of aromatic carboxylic acids is 1. The molecule has 2 amide bonds. The van der Waals surface area contributed by atoms with Gasteiger partial charge in [-0.3, -0.25) is 0 Å². The van der Waals surface area contributed by atoms with Crippen LogP contribution in [-0.2, 0) is 13.0 Å². The highest BCUT2D eigenvalue weighted by Crippen LogP contribution is 2.20. The first-order chi connectivity index (χ1) is 9.11. The molecular formula is C14H14N2O3. The standard InChI is InChI=1S/C14H14N2O3/c1-2-6-15-14(19)16-7-5-10-3-4-11(13(17)18)8-12(10)9-16/h1,3-4,8H,5-7,9H2,(H,15,19)(H,17,18). The molecule has 1 aliphatic heterocycles. The van der Waals surface area contributed by atoms with E-state index in [0.717, 1.165) is 17.5 Å². The summed E-state index contributed by atoms with van der Waals surface area (Å²) in [5.74, 6) is 1.38. The Labute approximate surface area is 111 Å². The Hall–Kier alpha value is -2.48. The molecule has 1 aliphatic rings. The molecule has 0 aliphatic carbocycles. The molecular weight excluding hydrogens is 244 g/mol. The Kier molecular flexibility index (Phi) is 3.71. The van der Waals surface area contributed by atoms with Crippen molar-refractivity contribution in [2.45, 2.75) is 13.0 Å². The zero-order valence-corrected chi connectivity index (χ0v) is 10.3. The molecule has 0 saturated heterocycles. The molecule has 1 aromatic rings. The summed E-state index contributed by atoms with van der Waals surface area (Å²) in [6.45, 7) is 1.21. The fraction of sp³-hybridized carbons (Fsp3) is 0.286. The van der Waals surface area contributed by atoms with E-state index in [1.165, 1.54) is 0 Å². The van der Waals surface area contributed by atoms with E-state index in [2.05, 4.69) is 11.2 Å². The van der Waals surface area contributed by atoms with Gasteiger partial charge < -0.3 is 15.3 Å². The number of nitrogens with zero attached hydrogens (tertiary/aromatic N) is 1. The molecule has 0 saturated carbocycles. The average molecular weight is 258 g/mol. The Bertz CT molecular complexity index is 560. The molecule has 0 aromatic heterocycles. The molecule has 1 aromatic carbocycles. The molecule has 1 heterocycles. The van der Waals surface area contributed by atoms with Crippen molar-refractivity contribution < 1.29 is 14.7 Å². The molecule has 0 radical (unpaired) electrons. The third-order valence-corrected chi connectivity index (χ3v) is 3.09. The van der Waals surface area contributed by atoms with Gasteiger partial charge >= 0.3 is 12.0 Å². The summed E-state index contributed by atoms with van der Waals surface area (Å²) >= 11 is 0. The smallest absolute Gasteiger partial charge is 0.335 e. The van der Waals surface area contributed by atoms with Gasteiger partial charge in [0.1, 0.15) is 0 Å². The molecule has 0 fully saturated rings. The number of hydrogen-bond acceptors (Lipinski definition) is 2. The van der Waals surface area contributed by atoms with Crippen LogP contribution in [0.25, 0.3) is 0 Å². The predicted molar refractivity (Wildman–Crippen MR) is 69.7 cm³/mol. The molecule has 5 heteroatoms. The van der Waals surface area contributed by atoms with Crippen molar-refractivity contribution in [1.82, 2.24) is 10.2 Å². The van der Waals surface area contributed by atoms with E-state index >= 15 is 0 Å². The van der Waals surface area contributed by atoms with Gasteiger partial charge in [0.25, 0.3) is 0 Å². The van der Waals surface area contributed by atoms with E-state index in [1.54, 1.807) is 17.0 Å². The number of terminal acetylenes is 1. The highest BCUT2D eigenvalue weighted by Gasteiger charge is 2.21. The fourth-order valence-corrected chi connectivity index (χ4v) is 2.10. The second-order valence-electron chi connectivity index (χ2n) is 4.32. The zero-order chi connectivity index (χ0) is 13.8. The topological polar surface area (TPSA) is 69.6 Å². The van der Waals surface area contributed by atoms with Crippen LogP contribution in [0.4, 0.5) is 4.79 Å². The number of carbonyl (C=O) groups is 2. The zero-order valence-electron chi connectivity index (χ0n) is 10.3. The SMILES string of the molecule is C#CCNC(=O)N1CCc2ccc(C(=O)O)cc2C1. The van der Waals surface area contributed by atoms with Crippen molar-refractivity contribution in [2.24, 2.45) is 0 Å². The van der Waals surface area contributed by atoms with Gasteiger partial charge in [-0.25, -0.2) is 9.59 Å². The minimum atomic E-state index is -0.961. The van der Waals surface area contributed by atoms with E-state index < -0.39 is 5.97 Å². The number of carboxylic acid groups (broad SMARTS) is 1. The van der Waals surface area contributed by atoms with Gasteiger partial charge in [0.05, 0.1) is 12.1 Å². The van der Waals surface area contributed by atoms with E-state index in [0.29, 0.717) is 13.1 Å². The Morgan fingerprint density at radius 1 is 1.42 bits per heavy atom. The average Bonchev–Trinajstić information content (AvgIpc) is 2.43. The lowest BCUT2D eigenvalue weighted by Gasteiger charge is -2.28. The maximum Gasteiger partial charge on any atom is 0.335 e. The maximum absolute atomic E-state index is 11.8. The van der Waals surface area contributed by atoms with Crippen LogP contribution < -0.4 is 5.32 Å². The third-order valence-electron chi connectivity index (χ3n) is 3.09. The summed E-state index contributed by atoms with van der Waals surface area (Å²) < 4.78 is 0. The minimum absolute atomic E-state index is 0.192. The number of benzene rings is 1. The van der Waals surface area contributed by atoms with E-state index in [1.807, 2.05) is 6.07 Å². The number of carbonyl (C=O) groups excluding carboxylic acids is 1. The molecule has 19 heavy (non-hydrogen) atoms. The first-order valence-corrected chi connectivity index (χ1v) is 5.93. The van der Waals surface area contributed by atoms with Crippen molar-refractivity contribution in [1.29, 1.82) is 0 Å². The quantitative estimate of drug-likeness (QED) is 0.780. The minimum Gasteiger partial charge on any atom is -0.478 e. The molecule has 5 nitrogen and oxygen atoms in total. The summed E-state index contributed by atoms with van der Waals surface area (Å²) in [5.41, 5.74) is 2.21. The summed E-state index contributed by atoms with van der Waals surface area (Å²) in [6, 6.07) is 4.81. The Morgan fingerprint density at radius 2 is 2.21 bits per heavy atom. The van der Waals surface area contributed by atoms with E-state index in [4.69, 9.17) is 11.5 Å². The van der Waals surface area contributed by atoms with Crippen molar-refractivity contribution >= 4 is 12.0 Å². The number of rotatable bonds is 2. The monoisotopic (exact) mass is 258 g/mol. The third kappa shape index (κ3) is 2.86. The normalized spacial score (nSPS) is 13.3. The molecule has 0 atom stereocenters. The number of carboxylic acids is 1. The van der Waals surface area contributed by atoms with Crippen LogP contribution in [0.3, 0.4) is 0 Å². The molecule has 0 bridgehead atoms. The van der Waals surface area contributed by atoms with Crippen molar-refractivity contribution in [3.8, 4) is 12.3 Å². The highest BCUT2D eigenvalue weighted by molar-refractivity contribution is 5.88. The Balaban J connectivity index is 2.14. The lowest BCUT2D eigenvalue weighted by atomic mass is 9.97. The molecule has 2 N–H and O–H groups in total. The second kappa shape index (κ2) is 5.44. The van der Waals surface area contributed by atoms with E-state index in [-0.39, 0.29) is 18.1 Å². The molecule has 0 unspecified atom stereocenters. The van der Waals surface area contributed by atoms with Gasteiger partial charge in [0, 0.05) is 13.1 Å². The predicted octanol–water partition coefficient (Wildman–Crippen LogP) is 1.09. The van der Waals surface area contributed by atoms with Gasteiger partial charge in [-0.2, -0.15) is 0 Å². The Morgan fingerprint density at radius 3 is 2.89 bits per heavy atom. The van der Waals surface area contributed by atoms with Crippen LogP contribution in [0.2, 0.25) is 0 Å². The van der Waals surface area contributed by atoms with Gasteiger partial charge in [-0.1, -0.05) is 12.0 Å². The summed E-state index contributed by atoms with van der Waals surface area (Å²) in [5, 5.41) is 11.6. The van der Waals surface area contributed by atoms with Gasteiger partial charge in [-0.15, -0.1) is 6.42 Å². The van der Waals surface area contributed by atoms with Gasteiger partial charge in [0.2, 0.25) is 0 Å². The van der Waals surface area contributed by atoms with Crippen LogP contribution in [0.5, 0.6) is 0 Å². The van der Waals surface area contributed by atoms with E-state index in [9.17, 15) is 9.59 Å². The van der Waals surface area contributed by atoms with Crippen molar-refractivity contribution in [2.75, 3.05) is 13.1 Å². The van der Waals surface area contributed by atoms with Gasteiger partial charge in [0.15, 0.2) is 0 Å². The van der Waals surface area contributed by atoms with Crippen LogP contribution in [0, 0.1) is 12.3 Å². The summed E-state index contributed by atoms with van der Waals surface area (Å²) in [7, 11) is 0. The molecule has 98 valence electrons. The lowest BCUT2D eigenvalue weighted by Crippen LogP contribution is -2.42.